The summed E-state index contributed by atoms with van der Waals surface area (Å²) >= 11 is 3.42. The number of halogens is 1. The molecular formula is C12H12BrN3. The van der Waals surface area contributed by atoms with Crippen molar-refractivity contribution in [2.24, 2.45) is 5.73 Å². The van der Waals surface area contributed by atoms with Crippen molar-refractivity contribution in [1.29, 1.82) is 0 Å². The van der Waals surface area contributed by atoms with Crippen molar-refractivity contribution in [2.45, 2.75) is 18.4 Å². The molecule has 0 spiro atoms. The van der Waals surface area contributed by atoms with E-state index in [0.717, 1.165) is 34.3 Å². The summed E-state index contributed by atoms with van der Waals surface area (Å²) < 4.78 is 1.07. The van der Waals surface area contributed by atoms with Crippen molar-refractivity contribution in [3.05, 3.63) is 40.5 Å². The molecule has 0 bridgehead atoms. The van der Waals surface area contributed by atoms with E-state index in [1.165, 1.54) is 0 Å². The Balaban J connectivity index is 1.95. The molecule has 3 rings (SSSR count). The number of H-pyrrole nitrogens is 1. The van der Waals surface area contributed by atoms with Gasteiger partial charge in [-0.2, -0.15) is 5.10 Å². The van der Waals surface area contributed by atoms with E-state index in [1.54, 1.807) is 0 Å². The van der Waals surface area contributed by atoms with E-state index >= 15 is 0 Å². The van der Waals surface area contributed by atoms with Crippen LogP contribution in [0, 0.1) is 0 Å². The van der Waals surface area contributed by atoms with Crippen LogP contribution in [0.25, 0.3) is 11.3 Å². The SMILES string of the molecule is NC1(c2cc(-c3ccc(Br)cc3)n[nH]2)CC1. The lowest BCUT2D eigenvalue weighted by Gasteiger charge is -2.02. The second-order valence-corrected chi connectivity index (χ2v) is 5.25. The highest BCUT2D eigenvalue weighted by Crippen LogP contribution is 2.42. The van der Waals surface area contributed by atoms with Crippen LogP contribution < -0.4 is 5.73 Å². The molecule has 1 aromatic heterocycles. The van der Waals surface area contributed by atoms with Gasteiger partial charge in [-0.05, 0) is 31.0 Å². The van der Waals surface area contributed by atoms with Crippen molar-refractivity contribution in [1.82, 2.24) is 10.2 Å². The van der Waals surface area contributed by atoms with Crippen molar-refractivity contribution >= 4 is 15.9 Å². The standard InChI is InChI=1S/C12H12BrN3/c13-9-3-1-8(2-4-9)10-7-11(16-15-10)12(14)5-6-12/h1-4,7H,5-6,14H2,(H,15,16). The van der Waals surface area contributed by atoms with Crippen LogP contribution in [0.1, 0.15) is 18.5 Å². The maximum atomic E-state index is 6.10. The van der Waals surface area contributed by atoms with Crippen LogP contribution in [0.2, 0.25) is 0 Å². The molecule has 1 aliphatic rings. The van der Waals surface area contributed by atoms with Gasteiger partial charge in [0.05, 0.1) is 16.9 Å². The molecule has 0 atom stereocenters. The summed E-state index contributed by atoms with van der Waals surface area (Å²) in [4.78, 5) is 0. The summed E-state index contributed by atoms with van der Waals surface area (Å²) in [7, 11) is 0. The molecule has 0 radical (unpaired) electrons. The summed E-state index contributed by atoms with van der Waals surface area (Å²) in [6, 6.07) is 10.2. The van der Waals surface area contributed by atoms with E-state index in [1.807, 2.05) is 24.3 Å². The topological polar surface area (TPSA) is 54.7 Å². The number of aromatic nitrogens is 2. The van der Waals surface area contributed by atoms with Gasteiger partial charge < -0.3 is 5.73 Å². The predicted octanol–water partition coefficient (Wildman–Crippen LogP) is 2.79. The van der Waals surface area contributed by atoms with Crippen LogP contribution in [0.15, 0.2) is 34.8 Å². The first-order chi connectivity index (χ1) is 7.67. The Morgan fingerprint density at radius 3 is 2.56 bits per heavy atom. The van der Waals surface area contributed by atoms with Gasteiger partial charge in [0.25, 0.3) is 0 Å². The Kier molecular flexibility index (Phi) is 2.16. The van der Waals surface area contributed by atoms with Gasteiger partial charge in [0, 0.05) is 10.0 Å². The Bertz CT molecular complexity index is 511. The molecular weight excluding hydrogens is 266 g/mol. The lowest BCUT2D eigenvalue weighted by atomic mass is 10.1. The lowest BCUT2D eigenvalue weighted by molar-refractivity contribution is 0.702. The van der Waals surface area contributed by atoms with E-state index in [9.17, 15) is 0 Å². The zero-order valence-corrected chi connectivity index (χ0v) is 10.3. The van der Waals surface area contributed by atoms with E-state index in [0.29, 0.717) is 0 Å². The second kappa shape index (κ2) is 3.43. The van der Waals surface area contributed by atoms with Gasteiger partial charge in [-0.1, -0.05) is 28.1 Å². The molecule has 2 aromatic rings. The number of hydrogen-bond donors (Lipinski definition) is 2. The summed E-state index contributed by atoms with van der Waals surface area (Å²) in [5, 5.41) is 7.34. The van der Waals surface area contributed by atoms with Crippen molar-refractivity contribution in [3.8, 4) is 11.3 Å². The number of nitrogens with one attached hydrogen (secondary N) is 1. The fraction of sp³-hybridized carbons (Fsp3) is 0.250. The molecule has 1 aliphatic carbocycles. The first-order valence-electron chi connectivity index (χ1n) is 5.28. The normalized spacial score (nSPS) is 17.4. The van der Waals surface area contributed by atoms with Crippen LogP contribution in [-0.4, -0.2) is 10.2 Å². The molecule has 0 amide bonds. The largest absolute Gasteiger partial charge is 0.320 e. The van der Waals surface area contributed by atoms with E-state index in [2.05, 4.69) is 32.2 Å². The molecule has 4 heteroatoms. The average molecular weight is 278 g/mol. The van der Waals surface area contributed by atoms with E-state index in [4.69, 9.17) is 5.73 Å². The highest BCUT2D eigenvalue weighted by atomic mass is 79.9. The third-order valence-electron chi connectivity index (χ3n) is 3.04. The number of nitrogens with zero attached hydrogens (tertiary/aromatic N) is 1. The average Bonchev–Trinajstić information content (AvgIpc) is 2.84. The van der Waals surface area contributed by atoms with Gasteiger partial charge in [0.1, 0.15) is 0 Å². The number of benzene rings is 1. The third kappa shape index (κ3) is 1.68. The second-order valence-electron chi connectivity index (χ2n) is 4.33. The van der Waals surface area contributed by atoms with Gasteiger partial charge in [0.2, 0.25) is 0 Å². The molecule has 0 saturated heterocycles. The molecule has 0 unspecified atom stereocenters. The van der Waals surface area contributed by atoms with Crippen LogP contribution in [0.3, 0.4) is 0 Å². The monoisotopic (exact) mass is 277 g/mol. The molecule has 1 heterocycles. The third-order valence-corrected chi connectivity index (χ3v) is 3.57. The molecule has 1 fully saturated rings. The quantitative estimate of drug-likeness (QED) is 0.887. The number of nitrogens with two attached hydrogens (primary N) is 1. The van der Waals surface area contributed by atoms with Crippen LogP contribution in [0.4, 0.5) is 0 Å². The van der Waals surface area contributed by atoms with Gasteiger partial charge >= 0.3 is 0 Å². The van der Waals surface area contributed by atoms with Gasteiger partial charge in [0.15, 0.2) is 0 Å². The summed E-state index contributed by atoms with van der Waals surface area (Å²) in [5.74, 6) is 0. The van der Waals surface area contributed by atoms with Crippen LogP contribution in [0.5, 0.6) is 0 Å². The summed E-state index contributed by atoms with van der Waals surface area (Å²) in [6.07, 6.45) is 2.10. The van der Waals surface area contributed by atoms with Gasteiger partial charge in [-0.15, -0.1) is 0 Å². The molecule has 1 aromatic carbocycles. The van der Waals surface area contributed by atoms with E-state index < -0.39 is 0 Å². The maximum Gasteiger partial charge on any atom is 0.0924 e. The minimum Gasteiger partial charge on any atom is -0.320 e. The Morgan fingerprint density at radius 2 is 1.94 bits per heavy atom. The Hall–Kier alpha value is -1.13. The Labute approximate surface area is 102 Å². The lowest BCUT2D eigenvalue weighted by Crippen LogP contribution is -2.18. The Morgan fingerprint density at radius 1 is 1.25 bits per heavy atom. The minimum atomic E-state index is -0.138. The highest BCUT2D eigenvalue weighted by Gasteiger charge is 2.41. The summed E-state index contributed by atoms with van der Waals surface area (Å²) in [6.45, 7) is 0. The summed E-state index contributed by atoms with van der Waals surface area (Å²) in [5.41, 5.74) is 9.08. The predicted molar refractivity (Wildman–Crippen MR) is 66.8 cm³/mol. The van der Waals surface area contributed by atoms with Gasteiger partial charge in [-0.3, -0.25) is 5.10 Å². The first-order valence-corrected chi connectivity index (χ1v) is 6.07. The fourth-order valence-corrected chi connectivity index (χ4v) is 2.01. The van der Waals surface area contributed by atoms with E-state index in [-0.39, 0.29) is 5.54 Å². The smallest absolute Gasteiger partial charge is 0.0924 e. The van der Waals surface area contributed by atoms with Crippen molar-refractivity contribution in [2.75, 3.05) is 0 Å². The molecule has 1 saturated carbocycles. The zero-order valence-electron chi connectivity index (χ0n) is 8.70. The van der Waals surface area contributed by atoms with Crippen molar-refractivity contribution < 1.29 is 0 Å². The van der Waals surface area contributed by atoms with Crippen LogP contribution in [-0.2, 0) is 5.54 Å². The fourth-order valence-electron chi connectivity index (χ4n) is 1.75. The van der Waals surface area contributed by atoms with Crippen LogP contribution >= 0.6 is 15.9 Å². The molecule has 3 nitrogen and oxygen atoms in total. The molecule has 82 valence electrons. The van der Waals surface area contributed by atoms with Gasteiger partial charge in [-0.25, -0.2) is 0 Å². The molecule has 3 N–H and O–H groups in total. The minimum absolute atomic E-state index is 0.138. The molecule has 16 heavy (non-hydrogen) atoms. The zero-order chi connectivity index (χ0) is 11.2. The first kappa shape index (κ1) is 10.1. The number of aromatic amines is 1. The van der Waals surface area contributed by atoms with Crippen molar-refractivity contribution in [3.63, 3.8) is 0 Å². The number of hydrogen-bond acceptors (Lipinski definition) is 2. The maximum absolute atomic E-state index is 6.10. The highest BCUT2D eigenvalue weighted by molar-refractivity contribution is 9.10. The number of rotatable bonds is 2. The molecule has 0 aliphatic heterocycles.